The second-order valence-corrected chi connectivity index (χ2v) is 6.38. The molecule has 2 aromatic carbocycles. The van der Waals surface area contributed by atoms with Crippen LogP contribution in [0.15, 0.2) is 75.1 Å². The molecule has 0 bridgehead atoms. The van der Waals surface area contributed by atoms with E-state index in [-0.39, 0.29) is 11.1 Å². The Morgan fingerprint density at radius 3 is 2.54 bits per heavy atom. The minimum Gasteiger partial charge on any atom is -0.450 e. The first-order valence-electron chi connectivity index (χ1n) is 7.05. The van der Waals surface area contributed by atoms with Gasteiger partial charge in [-0.2, -0.15) is 5.26 Å². The molecular formula is C19H11ClFNOS. The number of hydrogen-bond acceptors (Lipinski definition) is 3. The Morgan fingerprint density at radius 1 is 1.08 bits per heavy atom. The van der Waals surface area contributed by atoms with E-state index in [2.05, 4.69) is 0 Å². The minimum absolute atomic E-state index is 0.213. The lowest BCUT2D eigenvalue weighted by molar-refractivity contribution is 0.466. The zero-order chi connectivity index (χ0) is 16.9. The van der Waals surface area contributed by atoms with Crippen molar-refractivity contribution in [2.45, 2.75) is 9.99 Å². The summed E-state index contributed by atoms with van der Waals surface area (Å²) < 4.78 is 19.5. The smallest absolute Gasteiger partial charge is 0.165 e. The van der Waals surface area contributed by atoms with Crippen LogP contribution in [0.25, 0.3) is 11.6 Å². The van der Waals surface area contributed by atoms with E-state index in [4.69, 9.17) is 16.0 Å². The third-order valence-electron chi connectivity index (χ3n) is 3.21. The van der Waals surface area contributed by atoms with Gasteiger partial charge in [-0.3, -0.25) is 0 Å². The molecule has 0 unspecified atom stereocenters. The molecule has 5 heteroatoms. The second kappa shape index (κ2) is 7.39. The molecule has 0 N–H and O–H groups in total. The molecule has 0 spiro atoms. The maximum atomic E-state index is 13.8. The number of rotatable bonds is 4. The summed E-state index contributed by atoms with van der Waals surface area (Å²) >= 11 is 7.30. The van der Waals surface area contributed by atoms with Crippen LogP contribution in [0.1, 0.15) is 11.3 Å². The van der Waals surface area contributed by atoms with Gasteiger partial charge in [0, 0.05) is 15.5 Å². The van der Waals surface area contributed by atoms with Gasteiger partial charge in [-0.05, 0) is 48.5 Å². The predicted molar refractivity (Wildman–Crippen MR) is 94.2 cm³/mol. The number of allylic oxidation sites excluding steroid dienone is 1. The van der Waals surface area contributed by atoms with Gasteiger partial charge < -0.3 is 4.42 Å². The highest BCUT2D eigenvalue weighted by atomic mass is 35.5. The Hall–Kier alpha value is -2.48. The van der Waals surface area contributed by atoms with Crippen LogP contribution >= 0.6 is 23.4 Å². The molecule has 1 heterocycles. The number of nitriles is 1. The SMILES string of the molecule is N#C/C(=C/c1ccc(Sc2ccc(Cl)cc2)o1)c1ccccc1F. The van der Waals surface area contributed by atoms with Crippen molar-refractivity contribution in [3.8, 4) is 6.07 Å². The van der Waals surface area contributed by atoms with Gasteiger partial charge in [-0.15, -0.1) is 0 Å². The second-order valence-electron chi connectivity index (χ2n) is 4.86. The van der Waals surface area contributed by atoms with Crippen molar-refractivity contribution in [2.24, 2.45) is 0 Å². The molecule has 3 rings (SSSR count). The quantitative estimate of drug-likeness (QED) is 0.516. The molecule has 24 heavy (non-hydrogen) atoms. The number of furan rings is 1. The predicted octanol–water partition coefficient (Wildman–Crippen LogP) is 6.29. The average Bonchev–Trinajstić information content (AvgIpc) is 3.03. The molecule has 0 aliphatic carbocycles. The van der Waals surface area contributed by atoms with Crippen molar-refractivity contribution >= 4 is 35.0 Å². The summed E-state index contributed by atoms with van der Waals surface area (Å²) in [5.74, 6) is 0.0545. The topological polar surface area (TPSA) is 36.9 Å². The van der Waals surface area contributed by atoms with Crippen LogP contribution in [0.5, 0.6) is 0 Å². The van der Waals surface area contributed by atoms with E-state index in [1.165, 1.54) is 23.9 Å². The van der Waals surface area contributed by atoms with E-state index in [1.807, 2.05) is 18.2 Å². The van der Waals surface area contributed by atoms with E-state index < -0.39 is 5.82 Å². The van der Waals surface area contributed by atoms with E-state index in [0.29, 0.717) is 15.9 Å². The third kappa shape index (κ3) is 3.88. The Bertz CT molecular complexity index is 925. The molecule has 118 valence electrons. The number of benzene rings is 2. The highest BCUT2D eigenvalue weighted by Gasteiger charge is 2.09. The summed E-state index contributed by atoms with van der Waals surface area (Å²) in [5.41, 5.74) is 0.466. The van der Waals surface area contributed by atoms with Crippen LogP contribution in [0.2, 0.25) is 5.02 Å². The van der Waals surface area contributed by atoms with E-state index in [9.17, 15) is 9.65 Å². The largest absolute Gasteiger partial charge is 0.450 e. The third-order valence-corrected chi connectivity index (χ3v) is 4.39. The molecule has 0 aliphatic rings. The molecule has 1 aromatic heterocycles. The number of hydrogen-bond donors (Lipinski definition) is 0. The van der Waals surface area contributed by atoms with Crippen molar-refractivity contribution in [1.82, 2.24) is 0 Å². The molecular weight excluding hydrogens is 345 g/mol. The van der Waals surface area contributed by atoms with Gasteiger partial charge in [-0.25, -0.2) is 4.39 Å². The fraction of sp³-hybridized carbons (Fsp3) is 0. The fourth-order valence-corrected chi connectivity index (χ4v) is 2.98. The molecule has 0 saturated heterocycles. The summed E-state index contributed by atoms with van der Waals surface area (Å²) in [7, 11) is 0. The van der Waals surface area contributed by atoms with Crippen LogP contribution in [0.4, 0.5) is 4.39 Å². The number of halogens is 2. The summed E-state index contributed by atoms with van der Waals surface area (Å²) in [6.07, 6.45) is 1.53. The fourth-order valence-electron chi connectivity index (χ4n) is 2.08. The van der Waals surface area contributed by atoms with Crippen molar-refractivity contribution in [1.29, 1.82) is 5.26 Å². The monoisotopic (exact) mass is 355 g/mol. The highest BCUT2D eigenvalue weighted by molar-refractivity contribution is 7.99. The van der Waals surface area contributed by atoms with Crippen LogP contribution < -0.4 is 0 Å². The van der Waals surface area contributed by atoms with Crippen molar-refractivity contribution in [2.75, 3.05) is 0 Å². The molecule has 3 aromatic rings. The lowest BCUT2D eigenvalue weighted by Crippen LogP contribution is -1.86. The first-order chi connectivity index (χ1) is 11.7. The average molecular weight is 356 g/mol. The van der Waals surface area contributed by atoms with Gasteiger partial charge in [0.05, 0.1) is 11.6 Å². The maximum Gasteiger partial charge on any atom is 0.165 e. The Labute approximate surface area is 148 Å². The Morgan fingerprint density at radius 2 is 1.83 bits per heavy atom. The molecule has 2 nitrogen and oxygen atoms in total. The lowest BCUT2D eigenvalue weighted by atomic mass is 10.1. The summed E-state index contributed by atoms with van der Waals surface area (Å²) in [4.78, 5) is 0.985. The van der Waals surface area contributed by atoms with Gasteiger partial charge in [0.25, 0.3) is 0 Å². The van der Waals surface area contributed by atoms with Crippen LogP contribution in [-0.2, 0) is 0 Å². The van der Waals surface area contributed by atoms with E-state index >= 15 is 0 Å². The van der Waals surface area contributed by atoms with Crippen LogP contribution in [0, 0.1) is 17.1 Å². The summed E-state index contributed by atoms with van der Waals surface area (Å²) in [6, 6.07) is 19.1. The Balaban J connectivity index is 1.83. The van der Waals surface area contributed by atoms with Crippen molar-refractivity contribution in [3.05, 3.63) is 82.8 Å². The molecule has 0 amide bonds. The first-order valence-corrected chi connectivity index (χ1v) is 8.25. The Kier molecular flexibility index (Phi) is 5.05. The molecule has 0 fully saturated rings. The van der Waals surface area contributed by atoms with Gasteiger partial charge >= 0.3 is 0 Å². The minimum atomic E-state index is -0.437. The zero-order valence-corrected chi connectivity index (χ0v) is 13.9. The molecule has 0 atom stereocenters. The zero-order valence-electron chi connectivity index (χ0n) is 12.4. The molecule has 0 aliphatic heterocycles. The molecule has 0 radical (unpaired) electrons. The highest BCUT2D eigenvalue weighted by Crippen LogP contribution is 2.31. The normalized spacial score (nSPS) is 11.3. The van der Waals surface area contributed by atoms with Gasteiger partial charge in [-0.1, -0.05) is 41.6 Å². The van der Waals surface area contributed by atoms with Gasteiger partial charge in [0.2, 0.25) is 0 Å². The van der Waals surface area contributed by atoms with E-state index in [0.717, 1.165) is 4.90 Å². The number of nitrogens with zero attached hydrogens (tertiary/aromatic N) is 1. The van der Waals surface area contributed by atoms with Gasteiger partial charge in [0.15, 0.2) is 5.09 Å². The maximum absolute atomic E-state index is 13.8. The van der Waals surface area contributed by atoms with Crippen molar-refractivity contribution in [3.63, 3.8) is 0 Å². The van der Waals surface area contributed by atoms with Crippen LogP contribution in [0.3, 0.4) is 0 Å². The van der Waals surface area contributed by atoms with Crippen molar-refractivity contribution < 1.29 is 8.81 Å². The van der Waals surface area contributed by atoms with Crippen LogP contribution in [-0.4, -0.2) is 0 Å². The summed E-state index contributed by atoms with van der Waals surface area (Å²) in [6.45, 7) is 0. The first kappa shape index (κ1) is 16.4. The van der Waals surface area contributed by atoms with Gasteiger partial charge in [0.1, 0.15) is 11.6 Å². The summed E-state index contributed by atoms with van der Waals surface area (Å²) in [5, 5.41) is 10.6. The van der Waals surface area contributed by atoms with E-state index in [1.54, 1.807) is 42.5 Å². The standard InChI is InChI=1S/C19H11ClFNOS/c20-14-5-8-16(9-6-14)24-19-10-7-15(23-19)11-13(12-22)17-3-1-2-4-18(17)21/h1-11H/b13-11-. The molecule has 0 saturated carbocycles. The lowest BCUT2D eigenvalue weighted by Gasteiger charge is -2.00.